The third kappa shape index (κ3) is 4.85. The first kappa shape index (κ1) is 19.5. The molecule has 2 aromatic rings. The third-order valence-electron chi connectivity index (χ3n) is 4.24. The van der Waals surface area contributed by atoms with Crippen molar-refractivity contribution >= 4 is 17.5 Å². The van der Waals surface area contributed by atoms with Crippen molar-refractivity contribution < 1.29 is 14.3 Å². The molecular weight excluding hydrogens is 328 g/mol. The Kier molecular flexibility index (Phi) is 6.39. The van der Waals surface area contributed by atoms with Gasteiger partial charge in [0.15, 0.2) is 0 Å². The van der Waals surface area contributed by atoms with Gasteiger partial charge in [-0.05, 0) is 49.6 Å². The number of rotatable bonds is 6. The van der Waals surface area contributed by atoms with Crippen LogP contribution in [0.1, 0.15) is 29.2 Å². The Morgan fingerprint density at radius 3 is 2.12 bits per heavy atom. The monoisotopic (exact) mass is 354 g/mol. The van der Waals surface area contributed by atoms with Crippen LogP contribution in [-0.2, 0) is 16.1 Å². The van der Waals surface area contributed by atoms with E-state index < -0.39 is 0 Å². The Morgan fingerprint density at radius 1 is 1.04 bits per heavy atom. The Morgan fingerprint density at radius 2 is 1.62 bits per heavy atom. The topological polar surface area (TPSA) is 58.6 Å². The van der Waals surface area contributed by atoms with Crippen LogP contribution < -0.4 is 15.0 Å². The zero-order valence-electron chi connectivity index (χ0n) is 16.1. The molecule has 0 bridgehead atoms. The highest BCUT2D eigenvalue weighted by atomic mass is 16.5. The fraction of sp³-hybridized carbons (Fsp3) is 0.333. The summed E-state index contributed by atoms with van der Waals surface area (Å²) in [7, 11) is 1.61. The minimum atomic E-state index is -0.199. The van der Waals surface area contributed by atoms with Crippen molar-refractivity contribution in [2.24, 2.45) is 0 Å². The lowest BCUT2D eigenvalue weighted by Crippen LogP contribution is -2.40. The van der Waals surface area contributed by atoms with Crippen LogP contribution in [0.25, 0.3) is 0 Å². The van der Waals surface area contributed by atoms with Crippen molar-refractivity contribution in [3.63, 3.8) is 0 Å². The van der Waals surface area contributed by atoms with Gasteiger partial charge in [-0.3, -0.25) is 9.59 Å². The second-order valence-electron chi connectivity index (χ2n) is 6.48. The molecule has 2 aromatic carbocycles. The lowest BCUT2D eigenvalue weighted by atomic mass is 10.0. The molecule has 0 heterocycles. The molecule has 0 radical (unpaired) electrons. The summed E-state index contributed by atoms with van der Waals surface area (Å²) in [6.45, 7) is 7.82. The van der Waals surface area contributed by atoms with Gasteiger partial charge in [0.25, 0.3) is 0 Å². The highest BCUT2D eigenvalue weighted by Crippen LogP contribution is 2.26. The minimum Gasteiger partial charge on any atom is -0.497 e. The molecule has 0 spiro atoms. The van der Waals surface area contributed by atoms with Gasteiger partial charge in [-0.15, -0.1) is 0 Å². The Hall–Kier alpha value is -2.82. The molecule has 26 heavy (non-hydrogen) atoms. The number of hydrogen-bond donors (Lipinski definition) is 1. The average Bonchev–Trinajstić information content (AvgIpc) is 2.58. The summed E-state index contributed by atoms with van der Waals surface area (Å²) in [5.41, 5.74) is 4.89. The number of ether oxygens (including phenoxy) is 1. The second kappa shape index (κ2) is 8.52. The van der Waals surface area contributed by atoms with Gasteiger partial charge >= 0.3 is 0 Å². The molecule has 0 atom stereocenters. The number of methoxy groups -OCH3 is 1. The van der Waals surface area contributed by atoms with Crippen LogP contribution in [0.5, 0.6) is 5.75 Å². The number of nitrogens with zero attached hydrogens (tertiary/aromatic N) is 1. The van der Waals surface area contributed by atoms with E-state index in [-0.39, 0.29) is 18.4 Å². The van der Waals surface area contributed by atoms with Crippen LogP contribution >= 0.6 is 0 Å². The smallest absolute Gasteiger partial charge is 0.240 e. The van der Waals surface area contributed by atoms with Crippen molar-refractivity contribution in [2.75, 3.05) is 18.6 Å². The van der Waals surface area contributed by atoms with E-state index in [1.54, 1.807) is 7.11 Å². The van der Waals surface area contributed by atoms with E-state index in [0.717, 1.165) is 33.7 Å². The van der Waals surface area contributed by atoms with Crippen LogP contribution in [0, 0.1) is 20.8 Å². The van der Waals surface area contributed by atoms with E-state index in [1.807, 2.05) is 57.2 Å². The first-order valence-electron chi connectivity index (χ1n) is 8.57. The SMILES string of the molecule is COc1ccc(CNC(=O)CN(C(C)=O)c2c(C)cc(C)cc2C)cc1. The molecule has 138 valence electrons. The molecule has 1 N–H and O–H groups in total. The standard InChI is InChI=1S/C21H26N2O3/c1-14-10-15(2)21(16(3)11-14)23(17(4)24)13-20(25)22-12-18-6-8-19(26-5)9-7-18/h6-11H,12-13H2,1-5H3,(H,22,25). The van der Waals surface area contributed by atoms with E-state index in [4.69, 9.17) is 4.74 Å². The number of benzene rings is 2. The molecule has 0 aromatic heterocycles. The van der Waals surface area contributed by atoms with Crippen molar-refractivity contribution in [3.8, 4) is 5.75 Å². The summed E-state index contributed by atoms with van der Waals surface area (Å²) >= 11 is 0. The molecule has 2 amide bonds. The normalized spacial score (nSPS) is 10.3. The summed E-state index contributed by atoms with van der Waals surface area (Å²) in [6.07, 6.45) is 0. The maximum Gasteiger partial charge on any atom is 0.240 e. The number of carbonyl (C=O) groups is 2. The maximum atomic E-state index is 12.4. The molecule has 0 aliphatic rings. The summed E-state index contributed by atoms with van der Waals surface area (Å²) in [6, 6.07) is 11.5. The summed E-state index contributed by atoms with van der Waals surface area (Å²) in [5, 5.41) is 2.87. The fourth-order valence-electron chi connectivity index (χ4n) is 3.09. The number of hydrogen-bond acceptors (Lipinski definition) is 3. The van der Waals surface area contributed by atoms with E-state index >= 15 is 0 Å². The molecule has 0 aliphatic heterocycles. The molecule has 0 unspecified atom stereocenters. The van der Waals surface area contributed by atoms with Crippen LogP contribution in [0.3, 0.4) is 0 Å². The Balaban J connectivity index is 2.07. The first-order valence-corrected chi connectivity index (χ1v) is 8.57. The van der Waals surface area contributed by atoms with Crippen molar-refractivity contribution in [1.29, 1.82) is 0 Å². The molecule has 0 saturated heterocycles. The van der Waals surface area contributed by atoms with Crippen molar-refractivity contribution in [1.82, 2.24) is 5.32 Å². The predicted molar refractivity (Wildman–Crippen MR) is 104 cm³/mol. The zero-order chi connectivity index (χ0) is 19.3. The molecule has 5 heteroatoms. The van der Waals surface area contributed by atoms with Crippen molar-refractivity contribution in [2.45, 2.75) is 34.2 Å². The number of amides is 2. The van der Waals surface area contributed by atoms with Gasteiger partial charge < -0.3 is 15.0 Å². The largest absolute Gasteiger partial charge is 0.497 e. The molecule has 2 rings (SSSR count). The Bertz CT molecular complexity index is 774. The predicted octanol–water partition coefficient (Wildman–Crippen LogP) is 3.29. The van der Waals surface area contributed by atoms with E-state index in [0.29, 0.717) is 6.54 Å². The van der Waals surface area contributed by atoms with E-state index in [2.05, 4.69) is 5.32 Å². The van der Waals surface area contributed by atoms with Crippen molar-refractivity contribution in [3.05, 3.63) is 58.7 Å². The van der Waals surface area contributed by atoms with Gasteiger partial charge in [-0.2, -0.15) is 0 Å². The number of aryl methyl sites for hydroxylation is 3. The quantitative estimate of drug-likeness (QED) is 0.866. The number of carbonyl (C=O) groups excluding carboxylic acids is 2. The second-order valence-corrected chi connectivity index (χ2v) is 6.48. The van der Waals surface area contributed by atoms with Gasteiger partial charge in [0.1, 0.15) is 12.3 Å². The summed E-state index contributed by atoms with van der Waals surface area (Å²) in [5.74, 6) is 0.420. The molecule has 5 nitrogen and oxygen atoms in total. The van der Waals surface area contributed by atoms with Gasteiger partial charge in [0.2, 0.25) is 11.8 Å². The van der Waals surface area contributed by atoms with Gasteiger partial charge in [-0.1, -0.05) is 29.8 Å². The average molecular weight is 354 g/mol. The summed E-state index contributed by atoms with van der Waals surface area (Å²) in [4.78, 5) is 26.1. The molecule has 0 aliphatic carbocycles. The van der Waals surface area contributed by atoms with Crippen LogP contribution in [0.4, 0.5) is 5.69 Å². The molecule has 0 saturated carbocycles. The molecular formula is C21H26N2O3. The van der Waals surface area contributed by atoms with Crippen LogP contribution in [-0.4, -0.2) is 25.5 Å². The zero-order valence-corrected chi connectivity index (χ0v) is 16.1. The third-order valence-corrected chi connectivity index (χ3v) is 4.24. The van der Waals surface area contributed by atoms with Gasteiger partial charge in [-0.25, -0.2) is 0 Å². The van der Waals surface area contributed by atoms with E-state index in [9.17, 15) is 9.59 Å². The lowest BCUT2D eigenvalue weighted by Gasteiger charge is -2.25. The lowest BCUT2D eigenvalue weighted by molar-refractivity contribution is -0.123. The van der Waals surface area contributed by atoms with Crippen LogP contribution in [0.2, 0.25) is 0 Å². The fourth-order valence-corrected chi connectivity index (χ4v) is 3.09. The Labute approximate surface area is 155 Å². The van der Waals surface area contributed by atoms with Crippen LogP contribution in [0.15, 0.2) is 36.4 Å². The number of anilines is 1. The first-order chi connectivity index (χ1) is 12.3. The van der Waals surface area contributed by atoms with E-state index in [1.165, 1.54) is 11.8 Å². The van der Waals surface area contributed by atoms with Gasteiger partial charge in [0, 0.05) is 13.5 Å². The maximum absolute atomic E-state index is 12.4. The minimum absolute atomic E-state index is 0.00374. The molecule has 0 fully saturated rings. The highest BCUT2D eigenvalue weighted by molar-refractivity contribution is 5.98. The number of nitrogens with one attached hydrogen (secondary N) is 1. The highest BCUT2D eigenvalue weighted by Gasteiger charge is 2.19. The summed E-state index contributed by atoms with van der Waals surface area (Å²) < 4.78 is 5.12. The van der Waals surface area contributed by atoms with Gasteiger partial charge in [0.05, 0.1) is 12.8 Å².